The zero-order valence-corrected chi connectivity index (χ0v) is 18.7. The lowest BCUT2D eigenvalue weighted by Gasteiger charge is -2.31. The highest BCUT2D eigenvalue weighted by Gasteiger charge is 2.47. The number of piperidine rings is 1. The van der Waals surface area contributed by atoms with Crippen LogP contribution < -0.4 is 0 Å². The summed E-state index contributed by atoms with van der Waals surface area (Å²) in [5.74, 6) is -0.542. The van der Waals surface area contributed by atoms with Crippen molar-refractivity contribution in [2.24, 2.45) is 11.8 Å². The van der Waals surface area contributed by atoms with Gasteiger partial charge in [-0.15, -0.1) is 0 Å². The van der Waals surface area contributed by atoms with Crippen molar-refractivity contribution in [3.63, 3.8) is 0 Å². The Hall–Kier alpha value is -1.80. The number of carbonyl (C=O) groups excluding carboxylic acids is 2. The van der Waals surface area contributed by atoms with Gasteiger partial charge in [-0.2, -0.15) is 0 Å². The van der Waals surface area contributed by atoms with Crippen molar-refractivity contribution in [3.05, 3.63) is 30.1 Å². The van der Waals surface area contributed by atoms with Crippen molar-refractivity contribution < 1.29 is 22.4 Å². The zero-order chi connectivity index (χ0) is 22.0. The normalized spacial score (nSPS) is 25.8. The van der Waals surface area contributed by atoms with E-state index in [4.69, 9.17) is 0 Å². The Morgan fingerprint density at radius 1 is 0.839 bits per heavy atom. The summed E-state index contributed by atoms with van der Waals surface area (Å²) in [6.45, 7) is 2.75. The summed E-state index contributed by atoms with van der Waals surface area (Å²) in [5, 5.41) is -0.433. The Morgan fingerprint density at radius 2 is 1.39 bits per heavy atom. The Balaban J connectivity index is 1.20. The van der Waals surface area contributed by atoms with Gasteiger partial charge in [-0.05, 0) is 82.4 Å². The topological polar surface area (TPSA) is 74.8 Å². The van der Waals surface area contributed by atoms with Crippen LogP contribution in [0, 0.1) is 17.7 Å². The van der Waals surface area contributed by atoms with Gasteiger partial charge in [-0.25, -0.2) is 12.8 Å². The van der Waals surface area contributed by atoms with Crippen molar-refractivity contribution in [2.45, 2.75) is 61.5 Å². The van der Waals surface area contributed by atoms with Crippen LogP contribution in [0.5, 0.6) is 0 Å². The highest BCUT2D eigenvalue weighted by molar-refractivity contribution is 7.92. The van der Waals surface area contributed by atoms with Crippen LogP contribution in [0.1, 0.15) is 51.4 Å². The number of nitrogens with zero attached hydrogens (tertiary/aromatic N) is 2. The summed E-state index contributed by atoms with van der Waals surface area (Å²) in [4.78, 5) is 29.0. The molecule has 2 atom stereocenters. The molecule has 0 aromatic heterocycles. The number of carbonyl (C=O) groups is 2. The standard InChI is InChI=1S/C23H31FN2O4S/c24-17-7-9-18(10-8-17)31(29,30)19-11-15-25(16-12-19)13-3-4-14-26-22(27)20-5-1-2-6-21(20)23(26)28/h7-10,19-21H,1-6,11-16H2. The van der Waals surface area contributed by atoms with E-state index in [0.717, 1.165) is 45.1 Å². The SMILES string of the molecule is O=C1C2CCCCC2C(=O)N1CCCCN1CCC(S(=O)(=O)c2ccc(F)cc2)CC1. The van der Waals surface area contributed by atoms with Gasteiger partial charge in [0, 0.05) is 6.54 Å². The van der Waals surface area contributed by atoms with Gasteiger partial charge >= 0.3 is 0 Å². The predicted molar refractivity (Wildman–Crippen MR) is 114 cm³/mol. The summed E-state index contributed by atoms with van der Waals surface area (Å²) in [7, 11) is -3.44. The smallest absolute Gasteiger partial charge is 0.233 e. The molecular weight excluding hydrogens is 419 g/mol. The number of unbranched alkanes of at least 4 members (excludes halogenated alkanes) is 1. The van der Waals surface area contributed by atoms with Crippen LogP contribution in [0.25, 0.3) is 0 Å². The molecule has 1 aromatic carbocycles. The zero-order valence-electron chi connectivity index (χ0n) is 17.8. The lowest BCUT2D eigenvalue weighted by atomic mass is 9.81. The molecule has 3 aliphatic rings. The van der Waals surface area contributed by atoms with Gasteiger partial charge in [-0.1, -0.05) is 12.8 Å². The average molecular weight is 451 g/mol. The number of rotatable bonds is 7. The summed E-state index contributed by atoms with van der Waals surface area (Å²) in [5.41, 5.74) is 0. The maximum absolute atomic E-state index is 13.1. The highest BCUT2D eigenvalue weighted by Crippen LogP contribution is 2.38. The van der Waals surface area contributed by atoms with Crippen molar-refractivity contribution in [1.29, 1.82) is 0 Å². The number of halogens is 1. The second-order valence-corrected chi connectivity index (χ2v) is 11.3. The van der Waals surface area contributed by atoms with Gasteiger partial charge in [0.2, 0.25) is 11.8 Å². The molecule has 3 fully saturated rings. The summed E-state index contributed by atoms with van der Waals surface area (Å²) in [6.07, 6.45) is 6.57. The first kappa shape index (κ1) is 22.4. The molecule has 1 aromatic rings. The molecule has 4 rings (SSSR count). The van der Waals surface area contributed by atoms with Crippen LogP contribution in [-0.2, 0) is 19.4 Å². The number of benzene rings is 1. The molecule has 8 heteroatoms. The maximum atomic E-state index is 13.1. The number of imide groups is 1. The van der Waals surface area contributed by atoms with E-state index in [-0.39, 0.29) is 28.5 Å². The van der Waals surface area contributed by atoms with Gasteiger partial charge in [-0.3, -0.25) is 14.5 Å². The van der Waals surface area contributed by atoms with Gasteiger partial charge in [0.1, 0.15) is 5.82 Å². The number of hydrogen-bond donors (Lipinski definition) is 0. The molecule has 0 spiro atoms. The van der Waals surface area contributed by atoms with Crippen LogP contribution in [0.2, 0.25) is 0 Å². The van der Waals surface area contributed by atoms with Crippen molar-refractivity contribution in [3.8, 4) is 0 Å². The van der Waals surface area contributed by atoms with Crippen LogP contribution in [0.4, 0.5) is 4.39 Å². The molecule has 170 valence electrons. The maximum Gasteiger partial charge on any atom is 0.233 e. The molecule has 31 heavy (non-hydrogen) atoms. The third kappa shape index (κ3) is 4.70. The molecule has 2 unspecified atom stereocenters. The average Bonchev–Trinajstić information content (AvgIpc) is 3.02. The van der Waals surface area contributed by atoms with E-state index in [0.29, 0.717) is 32.5 Å². The molecule has 2 aliphatic heterocycles. The van der Waals surface area contributed by atoms with Gasteiger partial charge < -0.3 is 4.90 Å². The minimum absolute atomic E-state index is 0.0292. The molecule has 0 bridgehead atoms. The van der Waals surface area contributed by atoms with E-state index in [1.54, 1.807) is 0 Å². The first-order valence-electron chi connectivity index (χ1n) is 11.4. The van der Waals surface area contributed by atoms with Crippen molar-refractivity contribution >= 4 is 21.7 Å². The summed E-state index contributed by atoms with van der Waals surface area (Å²) in [6, 6.07) is 5.06. The van der Waals surface area contributed by atoms with Gasteiger partial charge in [0.25, 0.3) is 0 Å². The van der Waals surface area contributed by atoms with E-state index >= 15 is 0 Å². The monoisotopic (exact) mass is 450 g/mol. The third-order valence-corrected chi connectivity index (χ3v) is 9.43. The minimum atomic E-state index is -3.44. The van der Waals surface area contributed by atoms with Crippen LogP contribution in [0.3, 0.4) is 0 Å². The molecule has 0 radical (unpaired) electrons. The predicted octanol–water partition coefficient (Wildman–Crippen LogP) is 3.02. The second kappa shape index (κ2) is 9.36. The largest absolute Gasteiger partial charge is 0.303 e. The number of sulfone groups is 1. The molecule has 2 amide bonds. The second-order valence-electron chi connectivity index (χ2n) is 9.07. The van der Waals surface area contributed by atoms with Crippen molar-refractivity contribution in [2.75, 3.05) is 26.2 Å². The van der Waals surface area contributed by atoms with Crippen LogP contribution in [-0.4, -0.2) is 61.5 Å². The molecule has 1 aliphatic carbocycles. The van der Waals surface area contributed by atoms with E-state index in [1.807, 2.05) is 0 Å². The Labute approximate surface area is 183 Å². The lowest BCUT2D eigenvalue weighted by Crippen LogP contribution is -2.40. The van der Waals surface area contributed by atoms with E-state index in [1.165, 1.54) is 29.2 Å². The quantitative estimate of drug-likeness (QED) is 0.363. The Morgan fingerprint density at radius 3 is 1.97 bits per heavy atom. The molecular formula is C23H31FN2O4S. The lowest BCUT2D eigenvalue weighted by molar-refractivity contribution is -0.140. The molecule has 6 nitrogen and oxygen atoms in total. The first-order valence-corrected chi connectivity index (χ1v) is 13.0. The minimum Gasteiger partial charge on any atom is -0.303 e. The highest BCUT2D eigenvalue weighted by atomic mass is 32.2. The molecule has 0 N–H and O–H groups in total. The van der Waals surface area contributed by atoms with Crippen LogP contribution in [0.15, 0.2) is 29.2 Å². The van der Waals surface area contributed by atoms with E-state index in [9.17, 15) is 22.4 Å². The fourth-order valence-corrected chi connectivity index (χ4v) is 7.05. The number of fused-ring (bicyclic) bond motifs is 1. The van der Waals surface area contributed by atoms with Gasteiger partial charge in [0.15, 0.2) is 9.84 Å². The first-order chi connectivity index (χ1) is 14.9. The Kier molecular flexibility index (Phi) is 6.77. The third-order valence-electron chi connectivity index (χ3n) is 7.15. The number of amides is 2. The van der Waals surface area contributed by atoms with E-state index < -0.39 is 20.9 Å². The fourth-order valence-electron chi connectivity index (χ4n) is 5.32. The summed E-state index contributed by atoms with van der Waals surface area (Å²) >= 11 is 0. The van der Waals surface area contributed by atoms with E-state index in [2.05, 4.69) is 4.90 Å². The molecule has 1 saturated carbocycles. The fraction of sp³-hybridized carbons (Fsp3) is 0.652. The van der Waals surface area contributed by atoms with Gasteiger partial charge in [0.05, 0.1) is 22.0 Å². The van der Waals surface area contributed by atoms with Crippen LogP contribution >= 0.6 is 0 Å². The number of hydrogen-bond acceptors (Lipinski definition) is 5. The molecule has 2 saturated heterocycles. The summed E-state index contributed by atoms with van der Waals surface area (Å²) < 4.78 is 38.6. The number of likely N-dealkylation sites (tertiary alicyclic amines) is 2. The van der Waals surface area contributed by atoms with Crippen molar-refractivity contribution in [1.82, 2.24) is 9.80 Å². The Bertz CT molecular complexity index is 886. The molecule has 2 heterocycles.